The van der Waals surface area contributed by atoms with Gasteiger partial charge in [-0.3, -0.25) is 4.79 Å². The highest BCUT2D eigenvalue weighted by Gasteiger charge is 2.32. The quantitative estimate of drug-likeness (QED) is 0.787. The van der Waals surface area contributed by atoms with E-state index in [1.807, 2.05) is 0 Å². The number of carbonyl (C=O) groups is 1. The van der Waals surface area contributed by atoms with E-state index in [0.29, 0.717) is 29.4 Å². The van der Waals surface area contributed by atoms with Crippen molar-refractivity contribution in [2.45, 2.75) is 25.6 Å². The molecular formula is C19H18ClF3N2O. The van der Waals surface area contributed by atoms with Gasteiger partial charge in [-0.25, -0.2) is 0 Å². The summed E-state index contributed by atoms with van der Waals surface area (Å²) in [6.07, 6.45) is -2.51. The largest absolute Gasteiger partial charge is 0.416 e. The third-order valence-electron chi connectivity index (χ3n) is 4.40. The highest BCUT2D eigenvalue weighted by atomic mass is 35.5. The molecule has 26 heavy (non-hydrogen) atoms. The maximum Gasteiger partial charge on any atom is 0.416 e. The van der Waals surface area contributed by atoms with Crippen LogP contribution in [0.4, 0.5) is 18.9 Å². The van der Waals surface area contributed by atoms with Crippen molar-refractivity contribution < 1.29 is 18.0 Å². The molecule has 2 aromatic carbocycles. The van der Waals surface area contributed by atoms with Crippen LogP contribution in [0.5, 0.6) is 0 Å². The number of carbonyl (C=O) groups excluding carboxylic acids is 1. The molecule has 0 unspecified atom stereocenters. The molecule has 0 saturated carbocycles. The Balaban J connectivity index is 1.84. The standard InChI is InChI=1S/C19H18ClF3N2O/c20-14-7-8-15(18(26)25-9-3-4-10-25)17(11-14)24-12-13-5-1-2-6-16(13)19(21,22)23/h1-2,5-8,11,24H,3-4,9-10,12H2. The monoisotopic (exact) mass is 382 g/mol. The molecule has 7 heteroatoms. The fraction of sp³-hybridized carbons (Fsp3) is 0.316. The maximum atomic E-state index is 13.1. The highest BCUT2D eigenvalue weighted by molar-refractivity contribution is 6.31. The number of nitrogens with zero attached hydrogens (tertiary/aromatic N) is 1. The van der Waals surface area contributed by atoms with E-state index in [2.05, 4.69) is 5.32 Å². The molecule has 0 aliphatic carbocycles. The maximum absolute atomic E-state index is 13.1. The molecule has 2 aromatic rings. The number of likely N-dealkylation sites (tertiary alicyclic amines) is 1. The summed E-state index contributed by atoms with van der Waals surface area (Å²) in [5.74, 6) is -0.134. The van der Waals surface area contributed by atoms with E-state index in [1.165, 1.54) is 12.1 Å². The lowest BCUT2D eigenvalue weighted by Crippen LogP contribution is -2.28. The van der Waals surface area contributed by atoms with Crippen LogP contribution in [-0.4, -0.2) is 23.9 Å². The van der Waals surface area contributed by atoms with Gasteiger partial charge in [0, 0.05) is 30.3 Å². The Labute approximate surface area is 154 Å². The lowest BCUT2D eigenvalue weighted by atomic mass is 10.1. The summed E-state index contributed by atoms with van der Waals surface area (Å²) >= 11 is 6.02. The molecule has 3 nitrogen and oxygen atoms in total. The Morgan fingerprint density at radius 3 is 2.50 bits per heavy atom. The van der Waals surface area contributed by atoms with Crippen molar-refractivity contribution in [2.24, 2.45) is 0 Å². The van der Waals surface area contributed by atoms with Gasteiger partial charge in [0.1, 0.15) is 0 Å². The molecule has 0 aromatic heterocycles. The number of alkyl halides is 3. The van der Waals surface area contributed by atoms with Crippen molar-refractivity contribution >= 4 is 23.2 Å². The first kappa shape index (κ1) is 18.6. The smallest absolute Gasteiger partial charge is 0.380 e. The van der Waals surface area contributed by atoms with E-state index in [9.17, 15) is 18.0 Å². The van der Waals surface area contributed by atoms with Crippen molar-refractivity contribution in [3.05, 3.63) is 64.2 Å². The van der Waals surface area contributed by atoms with Gasteiger partial charge < -0.3 is 10.2 Å². The third kappa shape index (κ3) is 4.12. The van der Waals surface area contributed by atoms with Gasteiger partial charge in [-0.15, -0.1) is 0 Å². The second kappa shape index (κ2) is 7.58. The molecule has 1 fully saturated rings. The number of halogens is 4. The van der Waals surface area contributed by atoms with Gasteiger partial charge in [0.05, 0.1) is 11.1 Å². The first-order chi connectivity index (χ1) is 12.4. The van der Waals surface area contributed by atoms with E-state index < -0.39 is 11.7 Å². The summed E-state index contributed by atoms with van der Waals surface area (Å²) in [5.41, 5.74) is 0.272. The fourth-order valence-corrected chi connectivity index (χ4v) is 3.25. The van der Waals surface area contributed by atoms with Gasteiger partial charge in [-0.05, 0) is 42.7 Å². The van der Waals surface area contributed by atoms with Crippen LogP contribution in [0.2, 0.25) is 5.02 Å². The van der Waals surface area contributed by atoms with Crippen LogP contribution in [0.15, 0.2) is 42.5 Å². The van der Waals surface area contributed by atoms with E-state index in [0.717, 1.165) is 18.9 Å². The van der Waals surface area contributed by atoms with Crippen LogP contribution in [0.3, 0.4) is 0 Å². The number of anilines is 1. The number of hydrogen-bond acceptors (Lipinski definition) is 2. The van der Waals surface area contributed by atoms with E-state index in [-0.39, 0.29) is 18.0 Å². The molecule has 138 valence electrons. The highest BCUT2D eigenvalue weighted by Crippen LogP contribution is 2.32. The average Bonchev–Trinajstić information content (AvgIpc) is 3.13. The topological polar surface area (TPSA) is 32.3 Å². The molecule has 1 saturated heterocycles. The minimum atomic E-state index is -4.43. The van der Waals surface area contributed by atoms with Crippen LogP contribution in [0, 0.1) is 0 Å². The number of benzene rings is 2. The molecule has 1 heterocycles. The zero-order valence-corrected chi connectivity index (χ0v) is 14.7. The fourth-order valence-electron chi connectivity index (χ4n) is 3.08. The van der Waals surface area contributed by atoms with Crippen LogP contribution in [-0.2, 0) is 12.7 Å². The van der Waals surface area contributed by atoms with E-state index in [4.69, 9.17) is 11.6 Å². The lowest BCUT2D eigenvalue weighted by Gasteiger charge is -2.19. The van der Waals surface area contributed by atoms with Gasteiger partial charge in [0.15, 0.2) is 0 Å². The lowest BCUT2D eigenvalue weighted by molar-refractivity contribution is -0.138. The molecular weight excluding hydrogens is 365 g/mol. The SMILES string of the molecule is O=C(c1ccc(Cl)cc1NCc1ccccc1C(F)(F)F)N1CCCC1. The molecule has 0 radical (unpaired) electrons. The van der Waals surface area contributed by atoms with Crippen molar-refractivity contribution in [1.29, 1.82) is 0 Å². The molecule has 0 atom stereocenters. The van der Waals surface area contributed by atoms with Crippen molar-refractivity contribution in [2.75, 3.05) is 18.4 Å². The second-order valence-corrected chi connectivity index (χ2v) is 6.63. The Morgan fingerprint density at radius 1 is 1.12 bits per heavy atom. The summed E-state index contributed by atoms with van der Waals surface area (Å²) in [6.45, 7) is 1.33. The molecule has 0 bridgehead atoms. The molecule has 3 rings (SSSR count). The second-order valence-electron chi connectivity index (χ2n) is 6.20. The minimum Gasteiger partial charge on any atom is -0.380 e. The molecule has 1 aliphatic rings. The normalized spacial score (nSPS) is 14.5. The molecule has 0 spiro atoms. The Morgan fingerprint density at radius 2 is 1.81 bits per heavy atom. The first-order valence-electron chi connectivity index (χ1n) is 8.34. The summed E-state index contributed by atoms with van der Waals surface area (Å²) < 4.78 is 39.4. The van der Waals surface area contributed by atoms with Gasteiger partial charge in [0.25, 0.3) is 5.91 Å². The van der Waals surface area contributed by atoms with Gasteiger partial charge in [0.2, 0.25) is 0 Å². The third-order valence-corrected chi connectivity index (χ3v) is 4.63. The Kier molecular flexibility index (Phi) is 5.41. The van der Waals surface area contributed by atoms with Crippen molar-refractivity contribution in [3.8, 4) is 0 Å². The number of rotatable bonds is 4. The predicted molar refractivity (Wildman–Crippen MR) is 95.4 cm³/mol. The summed E-state index contributed by atoms with van der Waals surface area (Å²) in [6, 6.07) is 10.2. The van der Waals surface area contributed by atoms with E-state index in [1.54, 1.807) is 29.2 Å². The number of amides is 1. The molecule has 1 N–H and O–H groups in total. The summed E-state index contributed by atoms with van der Waals surface area (Å²) in [5, 5.41) is 3.37. The number of nitrogens with one attached hydrogen (secondary N) is 1. The zero-order valence-electron chi connectivity index (χ0n) is 13.9. The van der Waals surface area contributed by atoms with Crippen LogP contribution >= 0.6 is 11.6 Å². The Hall–Kier alpha value is -2.21. The molecule has 1 amide bonds. The van der Waals surface area contributed by atoms with Gasteiger partial charge >= 0.3 is 6.18 Å². The van der Waals surface area contributed by atoms with Crippen LogP contribution in [0.25, 0.3) is 0 Å². The predicted octanol–water partition coefficient (Wildman–Crippen LogP) is 5.21. The summed E-state index contributed by atoms with van der Waals surface area (Å²) in [4.78, 5) is 14.4. The minimum absolute atomic E-state index is 0.0592. The molecule has 1 aliphatic heterocycles. The average molecular weight is 383 g/mol. The van der Waals surface area contributed by atoms with Crippen LogP contribution in [0.1, 0.15) is 34.3 Å². The van der Waals surface area contributed by atoms with Gasteiger partial charge in [-0.2, -0.15) is 13.2 Å². The van der Waals surface area contributed by atoms with Crippen LogP contribution < -0.4 is 5.32 Å². The first-order valence-corrected chi connectivity index (χ1v) is 8.72. The van der Waals surface area contributed by atoms with Crippen molar-refractivity contribution in [3.63, 3.8) is 0 Å². The Bertz CT molecular complexity index is 802. The summed E-state index contributed by atoms with van der Waals surface area (Å²) in [7, 11) is 0. The van der Waals surface area contributed by atoms with Gasteiger partial charge in [-0.1, -0.05) is 29.8 Å². The van der Waals surface area contributed by atoms with E-state index >= 15 is 0 Å². The van der Waals surface area contributed by atoms with Crippen molar-refractivity contribution in [1.82, 2.24) is 4.90 Å². The zero-order chi connectivity index (χ0) is 18.7. The number of hydrogen-bond donors (Lipinski definition) is 1.